The third-order valence-electron chi connectivity index (χ3n) is 2.99. The Labute approximate surface area is 116 Å². The van der Waals surface area contributed by atoms with Crippen LogP contribution in [0, 0.1) is 0 Å². The van der Waals surface area contributed by atoms with E-state index in [9.17, 15) is 8.42 Å². The van der Waals surface area contributed by atoms with Gasteiger partial charge in [-0.15, -0.1) is 0 Å². The van der Waals surface area contributed by atoms with Crippen molar-refractivity contribution < 1.29 is 13.2 Å². The highest BCUT2D eigenvalue weighted by Gasteiger charge is 2.25. The van der Waals surface area contributed by atoms with E-state index in [1.165, 1.54) is 10.6 Å². The summed E-state index contributed by atoms with van der Waals surface area (Å²) in [4.78, 5) is 0. The normalized spacial score (nSPS) is 18.8. The summed E-state index contributed by atoms with van der Waals surface area (Å²) in [7, 11) is -3.06. The van der Waals surface area contributed by atoms with Crippen LogP contribution in [0.3, 0.4) is 0 Å². The van der Waals surface area contributed by atoms with Crippen molar-refractivity contribution in [2.24, 2.45) is 0 Å². The van der Waals surface area contributed by atoms with Gasteiger partial charge in [0.2, 0.25) is 10.0 Å². The van der Waals surface area contributed by atoms with Crippen molar-refractivity contribution in [3.05, 3.63) is 28.7 Å². The largest absolute Gasteiger partial charge is 0.490 e. The standard InChI is InChI=1S/C12H16BrNO3S/c1-18(15,16)14-8-6-12(7-9-14)17-11-4-2-10(13)3-5-11/h2-5,12H,6-9H2,1H3. The predicted octanol–water partition coefficient (Wildman–Crippen LogP) is 2.25. The number of ether oxygens (including phenoxy) is 1. The first kappa shape index (κ1) is 13.8. The highest BCUT2D eigenvalue weighted by atomic mass is 79.9. The van der Waals surface area contributed by atoms with Crippen molar-refractivity contribution in [2.75, 3.05) is 19.3 Å². The molecule has 0 unspecified atom stereocenters. The fourth-order valence-corrected chi connectivity index (χ4v) is 3.13. The summed E-state index contributed by atoms with van der Waals surface area (Å²) in [5, 5.41) is 0. The smallest absolute Gasteiger partial charge is 0.211 e. The third-order valence-corrected chi connectivity index (χ3v) is 4.82. The zero-order chi connectivity index (χ0) is 13.2. The Morgan fingerprint density at radius 2 is 1.78 bits per heavy atom. The second kappa shape index (κ2) is 5.59. The third kappa shape index (κ3) is 3.70. The molecule has 0 radical (unpaired) electrons. The first-order valence-electron chi connectivity index (χ1n) is 5.82. The van der Waals surface area contributed by atoms with E-state index >= 15 is 0 Å². The molecule has 18 heavy (non-hydrogen) atoms. The quantitative estimate of drug-likeness (QED) is 0.852. The molecule has 0 saturated carbocycles. The molecule has 1 fully saturated rings. The van der Waals surface area contributed by atoms with E-state index in [1.807, 2.05) is 24.3 Å². The molecule has 0 spiro atoms. The van der Waals surface area contributed by atoms with Gasteiger partial charge in [-0.1, -0.05) is 15.9 Å². The van der Waals surface area contributed by atoms with Crippen molar-refractivity contribution >= 4 is 26.0 Å². The van der Waals surface area contributed by atoms with Crippen LogP contribution in [0.1, 0.15) is 12.8 Å². The number of nitrogens with zero attached hydrogens (tertiary/aromatic N) is 1. The SMILES string of the molecule is CS(=O)(=O)N1CCC(Oc2ccc(Br)cc2)CC1. The first-order chi connectivity index (χ1) is 8.45. The van der Waals surface area contributed by atoms with Crippen LogP contribution < -0.4 is 4.74 Å². The van der Waals surface area contributed by atoms with E-state index in [-0.39, 0.29) is 6.10 Å². The van der Waals surface area contributed by atoms with Gasteiger partial charge < -0.3 is 4.74 Å². The summed E-state index contributed by atoms with van der Waals surface area (Å²) in [5.41, 5.74) is 0. The molecule has 1 heterocycles. The molecule has 0 bridgehead atoms. The van der Waals surface area contributed by atoms with Crippen LogP contribution in [0.25, 0.3) is 0 Å². The molecule has 4 nitrogen and oxygen atoms in total. The molecule has 1 saturated heterocycles. The van der Waals surface area contributed by atoms with Gasteiger partial charge in [0.05, 0.1) is 6.26 Å². The van der Waals surface area contributed by atoms with E-state index in [0.29, 0.717) is 13.1 Å². The Balaban J connectivity index is 1.89. The average Bonchev–Trinajstić information content (AvgIpc) is 2.32. The lowest BCUT2D eigenvalue weighted by molar-refractivity contribution is 0.135. The van der Waals surface area contributed by atoms with Gasteiger partial charge in [-0.3, -0.25) is 0 Å². The Morgan fingerprint density at radius 3 is 2.28 bits per heavy atom. The van der Waals surface area contributed by atoms with Crippen LogP contribution in [0.5, 0.6) is 5.75 Å². The summed E-state index contributed by atoms with van der Waals surface area (Å²) >= 11 is 3.37. The fourth-order valence-electron chi connectivity index (χ4n) is 1.99. The lowest BCUT2D eigenvalue weighted by Crippen LogP contribution is -2.41. The van der Waals surface area contributed by atoms with Crippen molar-refractivity contribution in [1.82, 2.24) is 4.31 Å². The Hall–Kier alpha value is -0.590. The van der Waals surface area contributed by atoms with Gasteiger partial charge >= 0.3 is 0 Å². The molecule has 6 heteroatoms. The van der Waals surface area contributed by atoms with E-state index in [4.69, 9.17) is 4.74 Å². The summed E-state index contributed by atoms with van der Waals surface area (Å²) < 4.78 is 31.1. The molecule has 100 valence electrons. The van der Waals surface area contributed by atoms with E-state index in [0.717, 1.165) is 23.1 Å². The summed E-state index contributed by atoms with van der Waals surface area (Å²) in [6, 6.07) is 7.68. The molecule has 1 aromatic carbocycles. The number of hydrogen-bond acceptors (Lipinski definition) is 3. The van der Waals surface area contributed by atoms with Gasteiger partial charge in [0, 0.05) is 17.6 Å². The van der Waals surface area contributed by atoms with E-state index < -0.39 is 10.0 Å². The number of benzene rings is 1. The van der Waals surface area contributed by atoms with Crippen molar-refractivity contribution in [3.63, 3.8) is 0 Å². The predicted molar refractivity (Wildman–Crippen MR) is 74.2 cm³/mol. The molecule has 0 aromatic heterocycles. The lowest BCUT2D eigenvalue weighted by Gasteiger charge is -2.30. The average molecular weight is 334 g/mol. The van der Waals surface area contributed by atoms with Gasteiger partial charge in [-0.25, -0.2) is 12.7 Å². The van der Waals surface area contributed by atoms with Crippen LogP contribution >= 0.6 is 15.9 Å². The second-order valence-corrected chi connectivity index (χ2v) is 7.33. The Morgan fingerprint density at radius 1 is 1.22 bits per heavy atom. The maximum Gasteiger partial charge on any atom is 0.211 e. The number of rotatable bonds is 3. The Bertz CT molecular complexity index is 493. The van der Waals surface area contributed by atoms with Crippen molar-refractivity contribution in [1.29, 1.82) is 0 Å². The fraction of sp³-hybridized carbons (Fsp3) is 0.500. The minimum absolute atomic E-state index is 0.101. The number of piperidine rings is 1. The minimum Gasteiger partial charge on any atom is -0.490 e. The Kier molecular flexibility index (Phi) is 4.29. The highest BCUT2D eigenvalue weighted by Crippen LogP contribution is 2.21. The number of sulfonamides is 1. The van der Waals surface area contributed by atoms with Gasteiger partial charge in [0.15, 0.2) is 0 Å². The zero-order valence-corrected chi connectivity index (χ0v) is 12.6. The second-order valence-electron chi connectivity index (χ2n) is 4.43. The zero-order valence-electron chi connectivity index (χ0n) is 10.2. The molecule has 2 rings (SSSR count). The van der Waals surface area contributed by atoms with Crippen LogP contribution in [-0.4, -0.2) is 38.2 Å². The molecule has 0 N–H and O–H groups in total. The van der Waals surface area contributed by atoms with Crippen LogP contribution in [0.2, 0.25) is 0 Å². The van der Waals surface area contributed by atoms with Crippen molar-refractivity contribution in [2.45, 2.75) is 18.9 Å². The maximum absolute atomic E-state index is 11.4. The molecule has 1 aliphatic rings. The summed E-state index contributed by atoms with van der Waals surface area (Å²) in [6.07, 6.45) is 2.83. The molecular formula is C12H16BrNO3S. The van der Waals surface area contributed by atoms with Crippen molar-refractivity contribution in [3.8, 4) is 5.75 Å². The maximum atomic E-state index is 11.4. The lowest BCUT2D eigenvalue weighted by atomic mass is 10.1. The minimum atomic E-state index is -3.06. The molecule has 0 aliphatic carbocycles. The molecule has 1 aliphatic heterocycles. The molecule has 0 amide bonds. The number of halogens is 1. The molecular weight excluding hydrogens is 318 g/mol. The monoisotopic (exact) mass is 333 g/mol. The first-order valence-corrected chi connectivity index (χ1v) is 8.46. The van der Waals surface area contributed by atoms with Gasteiger partial charge in [-0.2, -0.15) is 0 Å². The van der Waals surface area contributed by atoms with E-state index in [2.05, 4.69) is 15.9 Å². The molecule has 1 aromatic rings. The van der Waals surface area contributed by atoms with Gasteiger partial charge in [0.1, 0.15) is 11.9 Å². The summed E-state index contributed by atoms with van der Waals surface area (Å²) in [5.74, 6) is 0.830. The summed E-state index contributed by atoms with van der Waals surface area (Å²) in [6.45, 7) is 1.08. The van der Waals surface area contributed by atoms with Crippen LogP contribution in [-0.2, 0) is 10.0 Å². The van der Waals surface area contributed by atoms with Gasteiger partial charge in [-0.05, 0) is 37.1 Å². The highest BCUT2D eigenvalue weighted by molar-refractivity contribution is 9.10. The van der Waals surface area contributed by atoms with E-state index in [1.54, 1.807) is 0 Å². The van der Waals surface area contributed by atoms with Gasteiger partial charge in [0.25, 0.3) is 0 Å². The topological polar surface area (TPSA) is 46.6 Å². The molecule has 0 atom stereocenters. The van der Waals surface area contributed by atoms with Crippen LogP contribution in [0.4, 0.5) is 0 Å². The van der Waals surface area contributed by atoms with Crippen LogP contribution in [0.15, 0.2) is 28.7 Å². The number of hydrogen-bond donors (Lipinski definition) is 0.